The van der Waals surface area contributed by atoms with Crippen molar-refractivity contribution >= 4 is 26.5 Å². The zero-order valence-corrected chi connectivity index (χ0v) is 16.4. The van der Waals surface area contributed by atoms with Crippen molar-refractivity contribution in [1.29, 1.82) is 0 Å². The Balaban J connectivity index is 4.93. The molecule has 0 saturated carbocycles. The summed E-state index contributed by atoms with van der Waals surface area (Å²) in [5.41, 5.74) is 0. The molecule has 9 nitrogen and oxygen atoms in total. The molecule has 0 aliphatic heterocycles. The fourth-order valence-corrected chi connectivity index (χ4v) is 2.55. The quantitative estimate of drug-likeness (QED) is 0.285. The van der Waals surface area contributed by atoms with Crippen molar-refractivity contribution in [2.75, 3.05) is 19.8 Å². The van der Waals surface area contributed by atoms with E-state index in [2.05, 4.69) is 0 Å². The van der Waals surface area contributed by atoms with Crippen molar-refractivity contribution in [2.24, 2.45) is 0 Å². The summed E-state index contributed by atoms with van der Waals surface area (Å²) in [4.78, 5) is 35.1. The smallest absolute Gasteiger partial charge is 0.335 e. The summed E-state index contributed by atoms with van der Waals surface area (Å²) < 4.78 is 30.7. The van der Waals surface area contributed by atoms with Gasteiger partial charge in [0.05, 0.1) is 19.8 Å². The minimum atomic E-state index is -2.21. The highest BCUT2D eigenvalue weighted by Crippen LogP contribution is 2.44. The van der Waals surface area contributed by atoms with E-state index >= 15 is 0 Å². The molecule has 3 atom stereocenters. The van der Waals surface area contributed by atoms with Crippen molar-refractivity contribution in [2.45, 2.75) is 59.9 Å². The predicted molar refractivity (Wildman–Crippen MR) is 88.5 cm³/mol. The molecule has 0 fully saturated rings. The number of ether oxygens (including phenoxy) is 3. The number of hydrogen-bond acceptors (Lipinski definition) is 9. The summed E-state index contributed by atoms with van der Waals surface area (Å²) >= 11 is 0. The molecule has 0 radical (unpaired) electrons. The lowest BCUT2D eigenvalue weighted by Crippen LogP contribution is -2.28. The van der Waals surface area contributed by atoms with Crippen molar-refractivity contribution in [1.82, 2.24) is 0 Å². The Morgan fingerprint density at radius 1 is 0.640 bits per heavy atom. The Labute approximate surface area is 149 Å². The van der Waals surface area contributed by atoms with E-state index in [9.17, 15) is 14.4 Å². The van der Waals surface area contributed by atoms with Crippen molar-refractivity contribution < 1.29 is 42.2 Å². The Morgan fingerprint density at radius 2 is 0.880 bits per heavy atom. The second kappa shape index (κ2) is 13.0. The van der Waals surface area contributed by atoms with Crippen LogP contribution in [-0.4, -0.2) is 56.0 Å². The lowest BCUT2D eigenvalue weighted by molar-refractivity contribution is -0.154. The predicted octanol–water partition coefficient (Wildman–Crippen LogP) is 2.12. The summed E-state index contributed by atoms with van der Waals surface area (Å²) in [6, 6.07) is 0. The number of rotatable bonds is 12. The second-order valence-electron chi connectivity index (χ2n) is 4.72. The van der Waals surface area contributed by atoms with Gasteiger partial charge in [-0.3, -0.25) is 13.6 Å². The lowest BCUT2D eigenvalue weighted by Gasteiger charge is -2.24. The third kappa shape index (κ3) is 9.69. The minimum Gasteiger partial charge on any atom is -0.464 e. The Kier molecular flexibility index (Phi) is 12.3. The maximum Gasteiger partial charge on any atom is 0.335 e. The molecule has 0 rings (SSSR count). The maximum atomic E-state index is 11.7. The van der Waals surface area contributed by atoms with Crippen LogP contribution < -0.4 is 0 Å². The van der Waals surface area contributed by atoms with Gasteiger partial charge in [0.25, 0.3) is 0 Å². The summed E-state index contributed by atoms with van der Waals surface area (Å²) in [6.07, 6.45) is -3.01. The van der Waals surface area contributed by atoms with E-state index in [-0.39, 0.29) is 19.8 Å². The molecule has 10 heteroatoms. The molecule has 0 spiro atoms. The van der Waals surface area contributed by atoms with E-state index in [0.29, 0.717) is 0 Å². The largest absolute Gasteiger partial charge is 0.464 e. The first-order chi connectivity index (χ1) is 11.8. The van der Waals surface area contributed by atoms with Crippen LogP contribution in [0.5, 0.6) is 0 Å². The normalized spacial score (nSPS) is 15.6. The van der Waals surface area contributed by atoms with Crippen molar-refractivity contribution in [3.05, 3.63) is 0 Å². The third-order valence-electron chi connectivity index (χ3n) is 2.59. The standard InChI is InChI=1S/C15H27O9P/c1-7-19-13(16)10(4)22-25(23-11(5)14(17)20-8-2)24-12(6)15(18)21-9-3/h10-12H,7-9H2,1-6H3. The Bertz CT molecular complexity index is 367. The Morgan fingerprint density at radius 3 is 1.08 bits per heavy atom. The van der Waals surface area contributed by atoms with Crippen LogP contribution in [-0.2, 0) is 42.2 Å². The molecule has 0 aromatic rings. The molecule has 0 bridgehead atoms. The molecule has 0 aliphatic carbocycles. The summed E-state index contributed by atoms with van der Waals surface area (Å²) in [5.74, 6) is -1.85. The van der Waals surface area contributed by atoms with Gasteiger partial charge in [-0.05, 0) is 41.5 Å². The van der Waals surface area contributed by atoms with Crippen LogP contribution in [0.25, 0.3) is 0 Å². The van der Waals surface area contributed by atoms with Crippen LogP contribution >= 0.6 is 8.60 Å². The number of carbonyl (C=O) groups excluding carboxylic acids is 3. The van der Waals surface area contributed by atoms with Crippen LogP contribution in [0.1, 0.15) is 41.5 Å². The molecule has 3 unspecified atom stereocenters. The summed E-state index contributed by atoms with van der Waals surface area (Å²) in [5, 5.41) is 0. The molecular weight excluding hydrogens is 355 g/mol. The molecule has 0 aromatic heterocycles. The fourth-order valence-electron chi connectivity index (χ4n) is 1.37. The maximum absolute atomic E-state index is 11.7. The van der Waals surface area contributed by atoms with Gasteiger partial charge in [0.2, 0.25) is 0 Å². The second-order valence-corrected chi connectivity index (χ2v) is 5.80. The first-order valence-corrected chi connectivity index (χ1v) is 9.16. The molecule has 0 saturated heterocycles. The van der Waals surface area contributed by atoms with Gasteiger partial charge in [-0.1, -0.05) is 0 Å². The number of carbonyl (C=O) groups is 3. The van der Waals surface area contributed by atoms with E-state index in [1.807, 2.05) is 0 Å². The van der Waals surface area contributed by atoms with E-state index in [1.54, 1.807) is 20.8 Å². The minimum absolute atomic E-state index is 0.185. The molecule has 0 N–H and O–H groups in total. The number of hydrogen-bond donors (Lipinski definition) is 0. The van der Waals surface area contributed by atoms with Crippen molar-refractivity contribution in [3.63, 3.8) is 0 Å². The Hall–Kier alpha value is -1.28. The highest BCUT2D eigenvalue weighted by Gasteiger charge is 2.31. The first kappa shape index (κ1) is 23.7. The molecule has 0 heterocycles. The fraction of sp³-hybridized carbons (Fsp3) is 0.800. The van der Waals surface area contributed by atoms with Gasteiger partial charge in [0.1, 0.15) is 0 Å². The van der Waals surface area contributed by atoms with Gasteiger partial charge >= 0.3 is 26.5 Å². The first-order valence-electron chi connectivity index (χ1n) is 8.06. The van der Waals surface area contributed by atoms with Crippen LogP contribution in [0.15, 0.2) is 0 Å². The molecule has 146 valence electrons. The highest BCUT2D eigenvalue weighted by molar-refractivity contribution is 7.41. The average molecular weight is 382 g/mol. The topological polar surface area (TPSA) is 107 Å². The van der Waals surface area contributed by atoms with E-state index in [1.165, 1.54) is 20.8 Å². The van der Waals surface area contributed by atoms with Gasteiger partial charge in [0.15, 0.2) is 18.3 Å². The van der Waals surface area contributed by atoms with Crippen molar-refractivity contribution in [3.8, 4) is 0 Å². The van der Waals surface area contributed by atoms with Crippen LogP contribution in [0.4, 0.5) is 0 Å². The van der Waals surface area contributed by atoms with E-state index < -0.39 is 44.8 Å². The molecular formula is C15H27O9P. The number of esters is 3. The van der Waals surface area contributed by atoms with Gasteiger partial charge in [-0.25, -0.2) is 14.4 Å². The zero-order chi connectivity index (χ0) is 19.4. The van der Waals surface area contributed by atoms with Crippen LogP contribution in [0, 0.1) is 0 Å². The monoisotopic (exact) mass is 382 g/mol. The van der Waals surface area contributed by atoms with Gasteiger partial charge in [0, 0.05) is 0 Å². The van der Waals surface area contributed by atoms with Gasteiger partial charge in [-0.15, -0.1) is 0 Å². The van der Waals surface area contributed by atoms with Gasteiger partial charge in [-0.2, -0.15) is 0 Å². The highest BCUT2D eigenvalue weighted by atomic mass is 31.2. The lowest BCUT2D eigenvalue weighted by atomic mass is 10.4. The SMILES string of the molecule is CCOC(=O)C(C)OP(OC(C)C(=O)OCC)OC(C)C(=O)OCC. The summed E-state index contributed by atoms with van der Waals surface area (Å²) in [7, 11) is -2.21. The molecule has 25 heavy (non-hydrogen) atoms. The molecule has 0 aliphatic rings. The van der Waals surface area contributed by atoms with Crippen LogP contribution in [0.3, 0.4) is 0 Å². The van der Waals surface area contributed by atoms with Crippen LogP contribution in [0.2, 0.25) is 0 Å². The van der Waals surface area contributed by atoms with E-state index in [0.717, 1.165) is 0 Å². The van der Waals surface area contributed by atoms with E-state index in [4.69, 9.17) is 27.8 Å². The van der Waals surface area contributed by atoms with Gasteiger partial charge < -0.3 is 14.2 Å². The summed E-state index contributed by atoms with van der Waals surface area (Å²) in [6.45, 7) is 9.88. The molecule has 0 aromatic carbocycles. The molecule has 0 amide bonds. The third-order valence-corrected chi connectivity index (χ3v) is 4.05. The average Bonchev–Trinajstić information content (AvgIpc) is 2.55. The zero-order valence-electron chi connectivity index (χ0n) is 15.5.